The van der Waals surface area contributed by atoms with Gasteiger partial charge in [0.1, 0.15) is 0 Å². The number of aryl methyl sites for hydroxylation is 1. The molecule has 120 valence electrons. The van der Waals surface area contributed by atoms with E-state index in [0.29, 0.717) is 11.6 Å². The lowest BCUT2D eigenvalue weighted by molar-refractivity contribution is -0.124. The van der Waals surface area contributed by atoms with Crippen molar-refractivity contribution in [2.75, 3.05) is 13.2 Å². The highest BCUT2D eigenvalue weighted by molar-refractivity contribution is 6.33. The Bertz CT molecular complexity index is 700. The Hall–Kier alpha value is -2.33. The summed E-state index contributed by atoms with van der Waals surface area (Å²) in [5.41, 5.74) is 2.62. The van der Waals surface area contributed by atoms with Gasteiger partial charge in [-0.15, -0.1) is 0 Å². The number of carbonyl (C=O) groups excluding carboxylic acids is 2. The summed E-state index contributed by atoms with van der Waals surface area (Å²) >= 11 is 5.90. The molecule has 0 unspecified atom stereocenters. The molecule has 2 rings (SSSR count). The molecule has 0 radical (unpaired) electrons. The van der Waals surface area contributed by atoms with Gasteiger partial charge in [0.25, 0.3) is 5.91 Å². The normalized spacial score (nSPS) is 10.2. The standard InChI is InChI=1S/C18H18ClNO3/c1-13-6-2-3-7-14(13)10-11-20-17(21)12-23-18(22)15-8-4-5-9-16(15)19/h2-9H,10-12H2,1H3,(H,20,21). The topological polar surface area (TPSA) is 55.4 Å². The van der Waals surface area contributed by atoms with Gasteiger partial charge in [0.2, 0.25) is 0 Å². The van der Waals surface area contributed by atoms with Gasteiger partial charge in [0.15, 0.2) is 6.61 Å². The first-order valence-corrected chi connectivity index (χ1v) is 7.68. The maximum atomic E-state index is 11.8. The van der Waals surface area contributed by atoms with E-state index >= 15 is 0 Å². The monoisotopic (exact) mass is 331 g/mol. The number of hydrogen-bond donors (Lipinski definition) is 1. The SMILES string of the molecule is Cc1ccccc1CCNC(=O)COC(=O)c1ccccc1Cl. The van der Waals surface area contributed by atoms with Crippen molar-refractivity contribution in [2.24, 2.45) is 0 Å². The van der Waals surface area contributed by atoms with Crippen molar-refractivity contribution >= 4 is 23.5 Å². The maximum Gasteiger partial charge on any atom is 0.340 e. The number of hydrogen-bond acceptors (Lipinski definition) is 3. The lowest BCUT2D eigenvalue weighted by Gasteiger charge is -2.08. The van der Waals surface area contributed by atoms with Crippen molar-refractivity contribution in [3.63, 3.8) is 0 Å². The van der Waals surface area contributed by atoms with Gasteiger partial charge >= 0.3 is 5.97 Å². The Labute approximate surface area is 140 Å². The molecule has 0 heterocycles. The summed E-state index contributed by atoms with van der Waals surface area (Å²) in [7, 11) is 0. The highest BCUT2D eigenvalue weighted by Crippen LogP contribution is 2.15. The van der Waals surface area contributed by atoms with E-state index in [4.69, 9.17) is 16.3 Å². The van der Waals surface area contributed by atoms with Gasteiger partial charge in [-0.05, 0) is 36.6 Å². The minimum Gasteiger partial charge on any atom is -0.452 e. The third kappa shape index (κ3) is 5.11. The van der Waals surface area contributed by atoms with Crippen LogP contribution in [0.3, 0.4) is 0 Å². The fourth-order valence-electron chi connectivity index (χ4n) is 2.11. The van der Waals surface area contributed by atoms with E-state index in [1.54, 1.807) is 24.3 Å². The Kier molecular flexibility index (Phi) is 6.18. The van der Waals surface area contributed by atoms with E-state index in [2.05, 4.69) is 5.32 Å². The second-order valence-corrected chi connectivity index (χ2v) is 5.49. The fourth-order valence-corrected chi connectivity index (χ4v) is 2.33. The van der Waals surface area contributed by atoms with Crippen molar-refractivity contribution in [1.29, 1.82) is 0 Å². The number of ether oxygens (including phenoxy) is 1. The van der Waals surface area contributed by atoms with E-state index in [1.165, 1.54) is 11.1 Å². The van der Waals surface area contributed by atoms with Crippen LogP contribution in [0.25, 0.3) is 0 Å². The highest BCUT2D eigenvalue weighted by Gasteiger charge is 2.12. The maximum absolute atomic E-state index is 11.8. The Balaban J connectivity index is 1.74. The molecule has 1 amide bonds. The molecule has 0 saturated heterocycles. The highest BCUT2D eigenvalue weighted by atomic mass is 35.5. The summed E-state index contributed by atoms with van der Waals surface area (Å²) in [6.45, 7) is 2.20. The second kappa shape index (κ2) is 8.34. The first kappa shape index (κ1) is 17.0. The van der Waals surface area contributed by atoms with E-state index in [9.17, 15) is 9.59 Å². The molecule has 0 atom stereocenters. The smallest absolute Gasteiger partial charge is 0.340 e. The van der Waals surface area contributed by atoms with Crippen LogP contribution in [0.15, 0.2) is 48.5 Å². The predicted octanol–water partition coefficient (Wildman–Crippen LogP) is 3.16. The van der Waals surface area contributed by atoms with Crippen molar-refractivity contribution in [3.05, 3.63) is 70.2 Å². The zero-order valence-corrected chi connectivity index (χ0v) is 13.6. The molecular weight excluding hydrogens is 314 g/mol. The van der Waals surface area contributed by atoms with Gasteiger partial charge in [0, 0.05) is 6.54 Å². The summed E-state index contributed by atoms with van der Waals surface area (Å²) < 4.78 is 4.96. The molecule has 0 aliphatic heterocycles. The van der Waals surface area contributed by atoms with Crippen molar-refractivity contribution in [1.82, 2.24) is 5.32 Å². The molecule has 5 heteroatoms. The predicted molar refractivity (Wildman–Crippen MR) is 89.6 cm³/mol. The molecule has 0 fully saturated rings. The Morgan fingerprint density at radius 2 is 1.78 bits per heavy atom. The first-order chi connectivity index (χ1) is 11.1. The summed E-state index contributed by atoms with van der Waals surface area (Å²) in [5.74, 6) is -0.941. The van der Waals surface area contributed by atoms with E-state index in [1.807, 2.05) is 31.2 Å². The van der Waals surface area contributed by atoms with Crippen LogP contribution in [0.2, 0.25) is 5.02 Å². The van der Waals surface area contributed by atoms with Gasteiger partial charge in [0.05, 0.1) is 10.6 Å². The van der Waals surface area contributed by atoms with Crippen LogP contribution in [0.5, 0.6) is 0 Å². The van der Waals surface area contributed by atoms with Crippen LogP contribution < -0.4 is 5.32 Å². The quantitative estimate of drug-likeness (QED) is 0.827. The summed E-state index contributed by atoms with van der Waals surface area (Å²) in [6.07, 6.45) is 0.733. The van der Waals surface area contributed by atoms with Crippen molar-refractivity contribution in [3.8, 4) is 0 Å². The molecule has 2 aromatic rings. The zero-order valence-electron chi connectivity index (χ0n) is 12.8. The van der Waals surface area contributed by atoms with Gasteiger partial charge in [-0.1, -0.05) is 48.0 Å². The molecule has 0 aromatic heterocycles. The van der Waals surface area contributed by atoms with Gasteiger partial charge in [-0.3, -0.25) is 4.79 Å². The largest absolute Gasteiger partial charge is 0.452 e. The number of halogens is 1. The van der Waals surface area contributed by atoms with Gasteiger partial charge in [-0.2, -0.15) is 0 Å². The number of rotatable bonds is 6. The number of amides is 1. The Morgan fingerprint density at radius 1 is 1.09 bits per heavy atom. The number of benzene rings is 2. The summed E-state index contributed by atoms with van der Waals surface area (Å²) in [4.78, 5) is 23.5. The van der Waals surface area contributed by atoms with Crippen LogP contribution in [-0.4, -0.2) is 25.0 Å². The van der Waals surface area contributed by atoms with E-state index < -0.39 is 5.97 Å². The lowest BCUT2D eigenvalue weighted by atomic mass is 10.1. The van der Waals surface area contributed by atoms with Gasteiger partial charge < -0.3 is 10.1 Å². The molecule has 0 saturated carbocycles. The van der Waals surface area contributed by atoms with Gasteiger partial charge in [-0.25, -0.2) is 4.79 Å². The Morgan fingerprint density at radius 3 is 2.52 bits per heavy atom. The molecule has 4 nitrogen and oxygen atoms in total. The minimum absolute atomic E-state index is 0.252. The van der Waals surface area contributed by atoms with Crippen LogP contribution in [0.4, 0.5) is 0 Å². The van der Waals surface area contributed by atoms with Crippen LogP contribution in [0, 0.1) is 6.92 Å². The number of nitrogens with one attached hydrogen (secondary N) is 1. The minimum atomic E-state index is -0.607. The van der Waals surface area contributed by atoms with Crippen LogP contribution in [0.1, 0.15) is 21.5 Å². The second-order valence-electron chi connectivity index (χ2n) is 5.08. The van der Waals surface area contributed by atoms with Crippen LogP contribution >= 0.6 is 11.6 Å². The van der Waals surface area contributed by atoms with E-state index in [-0.39, 0.29) is 18.1 Å². The van der Waals surface area contributed by atoms with Crippen molar-refractivity contribution in [2.45, 2.75) is 13.3 Å². The molecule has 0 aliphatic carbocycles. The fraction of sp³-hybridized carbons (Fsp3) is 0.222. The molecule has 1 N–H and O–H groups in total. The third-order valence-corrected chi connectivity index (χ3v) is 3.74. The molecule has 23 heavy (non-hydrogen) atoms. The average Bonchev–Trinajstić information content (AvgIpc) is 2.55. The molecule has 0 bridgehead atoms. The average molecular weight is 332 g/mol. The van der Waals surface area contributed by atoms with Crippen molar-refractivity contribution < 1.29 is 14.3 Å². The molecule has 0 spiro atoms. The summed E-state index contributed by atoms with van der Waals surface area (Å²) in [6, 6.07) is 14.6. The van der Waals surface area contributed by atoms with E-state index in [0.717, 1.165) is 6.42 Å². The molecular formula is C18H18ClNO3. The lowest BCUT2D eigenvalue weighted by Crippen LogP contribution is -2.30. The molecule has 0 aliphatic rings. The molecule has 2 aromatic carbocycles. The number of esters is 1. The third-order valence-electron chi connectivity index (χ3n) is 3.41. The zero-order chi connectivity index (χ0) is 16.7. The first-order valence-electron chi connectivity index (χ1n) is 7.31. The van der Waals surface area contributed by atoms with Crippen LogP contribution in [-0.2, 0) is 16.0 Å². The summed E-state index contributed by atoms with van der Waals surface area (Å²) in [5, 5.41) is 3.03. The number of carbonyl (C=O) groups is 2.